The van der Waals surface area contributed by atoms with Gasteiger partial charge in [0, 0.05) is 10.8 Å². The number of hydrogen-bond acceptors (Lipinski definition) is 8. The molecule has 300 valence electrons. The number of hydrogen-bond donors (Lipinski definition) is 0. The summed E-state index contributed by atoms with van der Waals surface area (Å²) in [4.78, 5) is 47.4. The largest absolute Gasteiger partial charge is 2.00 e. The fourth-order valence-electron chi connectivity index (χ4n) is 9.58. The fourth-order valence-corrected chi connectivity index (χ4v) is 9.58. The summed E-state index contributed by atoms with van der Waals surface area (Å²) in [5.41, 5.74) is -2.31. The van der Waals surface area contributed by atoms with Gasteiger partial charge in [-0.05, 0) is 78.0 Å². The van der Waals surface area contributed by atoms with E-state index in [1.807, 2.05) is 132 Å². The van der Waals surface area contributed by atoms with Crippen LogP contribution in [0.3, 0.4) is 0 Å². The fraction of sp³-hybridized carbons (Fsp3) is 0.565. The zero-order chi connectivity index (χ0) is 42.8. The van der Waals surface area contributed by atoms with Crippen LogP contribution in [0.2, 0.25) is 0 Å². The molecular weight excluding hydrogens is 729 g/mol. The molecule has 0 aromatic heterocycles. The standard InChI is InChI=1S/2C23H34O4.2Mg/c2*1-20(2,3)15-12-10-11-13-16(15)23(21(4,5)6,22(7,8)9)17(19(26)27)14-18(24)25;;/h2*10-14H,1-9H3,(H,24,25)(H,26,27);;/q;;2*+2/p-4/b2*17-14+;;. The Labute approximate surface area is 369 Å². The Balaban J connectivity index is 0. The van der Waals surface area contributed by atoms with Crippen molar-refractivity contribution in [1.29, 1.82) is 0 Å². The molecule has 2 rings (SSSR count). The molecule has 0 fully saturated rings. The average Bonchev–Trinajstić information content (AvgIpc) is 2.93. The second kappa shape index (κ2) is 18.9. The molecule has 8 nitrogen and oxygen atoms in total. The monoisotopic (exact) mass is 792 g/mol. The van der Waals surface area contributed by atoms with Crippen molar-refractivity contribution in [2.24, 2.45) is 21.7 Å². The van der Waals surface area contributed by atoms with Crippen LogP contribution in [-0.2, 0) is 40.8 Å². The minimum atomic E-state index is -1.54. The van der Waals surface area contributed by atoms with Crippen molar-refractivity contribution in [3.05, 3.63) is 94.1 Å². The minimum Gasteiger partial charge on any atom is -0.545 e. The van der Waals surface area contributed by atoms with Gasteiger partial charge in [-0.1, -0.05) is 173 Å². The van der Waals surface area contributed by atoms with E-state index in [0.717, 1.165) is 22.3 Å². The van der Waals surface area contributed by atoms with Crippen molar-refractivity contribution in [3.63, 3.8) is 0 Å². The first-order valence-electron chi connectivity index (χ1n) is 18.4. The molecule has 0 bridgehead atoms. The Morgan fingerprint density at radius 3 is 0.732 bits per heavy atom. The predicted octanol–water partition coefficient (Wildman–Crippen LogP) is 4.72. The van der Waals surface area contributed by atoms with Crippen LogP contribution in [0.25, 0.3) is 0 Å². The van der Waals surface area contributed by atoms with Crippen molar-refractivity contribution >= 4 is 70.0 Å². The number of rotatable bonds is 8. The van der Waals surface area contributed by atoms with Gasteiger partial charge < -0.3 is 39.6 Å². The molecule has 0 amide bonds. The first-order valence-corrected chi connectivity index (χ1v) is 18.4. The number of carboxylic acids is 4. The Bertz CT molecular complexity index is 1620. The smallest absolute Gasteiger partial charge is 0.545 e. The molecule has 0 radical (unpaired) electrons. The maximum absolute atomic E-state index is 12.2. The molecule has 0 aliphatic carbocycles. The molecule has 0 saturated carbocycles. The van der Waals surface area contributed by atoms with Crippen LogP contribution in [0.4, 0.5) is 0 Å². The molecule has 2 aromatic carbocycles. The van der Waals surface area contributed by atoms with Crippen LogP contribution in [0.15, 0.2) is 71.8 Å². The number of carboxylic acid groups (broad SMARTS) is 4. The minimum absolute atomic E-state index is 0. The average molecular weight is 794 g/mol. The first kappa shape index (κ1) is 55.4. The molecular formula is C46H64Mg2O8. The third-order valence-corrected chi connectivity index (χ3v) is 10.6. The summed E-state index contributed by atoms with van der Waals surface area (Å²) in [7, 11) is 0. The summed E-state index contributed by atoms with van der Waals surface area (Å²) < 4.78 is 0. The van der Waals surface area contributed by atoms with E-state index in [1.165, 1.54) is 0 Å². The van der Waals surface area contributed by atoms with E-state index in [-0.39, 0.29) is 68.1 Å². The van der Waals surface area contributed by atoms with Crippen LogP contribution >= 0.6 is 0 Å². The van der Waals surface area contributed by atoms with Gasteiger partial charge in [-0.2, -0.15) is 0 Å². The van der Waals surface area contributed by atoms with Gasteiger partial charge in [-0.3, -0.25) is 0 Å². The number of aliphatic carboxylic acids is 4. The van der Waals surface area contributed by atoms with Crippen LogP contribution in [0.1, 0.15) is 147 Å². The van der Waals surface area contributed by atoms with Crippen LogP contribution in [-0.4, -0.2) is 70.0 Å². The SMILES string of the molecule is CC(C)(C)c1ccccc1C(/C(=C/C(=O)[O-])C(=O)[O-])(C(C)(C)C)C(C)(C)C.CC(C)(C)c1ccccc1C(/C(=C/C(=O)[O-])C(=O)[O-])(C(C)(C)C)C(C)(C)C.[Mg+2].[Mg+2]. The first-order chi connectivity index (χ1) is 24.0. The van der Waals surface area contributed by atoms with Gasteiger partial charge in [0.05, 0.1) is 23.9 Å². The third kappa shape index (κ3) is 11.3. The summed E-state index contributed by atoms with van der Waals surface area (Å²) in [6.45, 7) is 35.6. The van der Waals surface area contributed by atoms with Crippen molar-refractivity contribution < 1.29 is 39.6 Å². The van der Waals surface area contributed by atoms with E-state index >= 15 is 0 Å². The summed E-state index contributed by atoms with van der Waals surface area (Å²) in [6.07, 6.45) is 1.40. The molecule has 0 aliphatic heterocycles. The van der Waals surface area contributed by atoms with E-state index in [9.17, 15) is 39.6 Å². The molecule has 56 heavy (non-hydrogen) atoms. The Morgan fingerprint density at radius 1 is 0.393 bits per heavy atom. The van der Waals surface area contributed by atoms with Crippen molar-refractivity contribution in [3.8, 4) is 0 Å². The zero-order valence-corrected chi connectivity index (χ0v) is 40.3. The molecule has 0 unspecified atom stereocenters. The number of carbonyl (C=O) groups excluding carboxylic acids is 4. The molecule has 0 atom stereocenters. The molecule has 0 aliphatic rings. The Kier molecular flexibility index (Phi) is 18.7. The number of benzene rings is 2. The van der Waals surface area contributed by atoms with Crippen molar-refractivity contribution in [2.45, 2.75) is 146 Å². The zero-order valence-electron chi connectivity index (χ0n) is 37.5. The summed E-state index contributed by atoms with van der Waals surface area (Å²) in [6, 6.07) is 15.3. The van der Waals surface area contributed by atoms with Gasteiger partial charge in [-0.25, -0.2) is 0 Å². The van der Waals surface area contributed by atoms with Gasteiger partial charge in [0.2, 0.25) is 0 Å². The second-order valence-corrected chi connectivity index (χ2v) is 20.4. The van der Waals surface area contributed by atoms with Gasteiger partial charge >= 0.3 is 46.1 Å². The van der Waals surface area contributed by atoms with Crippen molar-refractivity contribution in [2.75, 3.05) is 0 Å². The molecule has 2 aromatic rings. The van der Waals surface area contributed by atoms with E-state index in [1.54, 1.807) is 0 Å². The quantitative estimate of drug-likeness (QED) is 0.274. The summed E-state index contributed by atoms with van der Waals surface area (Å²) >= 11 is 0. The molecule has 10 heteroatoms. The van der Waals surface area contributed by atoms with Crippen molar-refractivity contribution in [1.82, 2.24) is 0 Å². The molecule has 0 N–H and O–H groups in total. The van der Waals surface area contributed by atoms with Gasteiger partial charge in [0.25, 0.3) is 0 Å². The van der Waals surface area contributed by atoms with Crippen LogP contribution < -0.4 is 20.4 Å². The predicted molar refractivity (Wildman–Crippen MR) is 219 cm³/mol. The van der Waals surface area contributed by atoms with E-state index < -0.39 is 56.4 Å². The van der Waals surface area contributed by atoms with Gasteiger partial charge in [-0.15, -0.1) is 0 Å². The molecule has 0 spiro atoms. The summed E-state index contributed by atoms with van der Waals surface area (Å²) in [5, 5.41) is 47.4. The Hall–Kier alpha value is -2.67. The van der Waals surface area contributed by atoms with E-state index in [0.29, 0.717) is 12.2 Å². The van der Waals surface area contributed by atoms with E-state index in [2.05, 4.69) is 41.5 Å². The third-order valence-electron chi connectivity index (χ3n) is 10.6. The normalized spacial score (nSPS) is 13.7. The Morgan fingerprint density at radius 2 is 0.589 bits per heavy atom. The van der Waals surface area contributed by atoms with Gasteiger partial charge in [0.1, 0.15) is 0 Å². The number of carbonyl (C=O) groups is 4. The van der Waals surface area contributed by atoms with E-state index in [4.69, 9.17) is 0 Å². The second-order valence-electron chi connectivity index (χ2n) is 20.4. The maximum atomic E-state index is 12.2. The molecule has 0 heterocycles. The van der Waals surface area contributed by atoms with Gasteiger partial charge in [0.15, 0.2) is 0 Å². The van der Waals surface area contributed by atoms with Crippen LogP contribution in [0.5, 0.6) is 0 Å². The molecule has 0 saturated heterocycles. The topological polar surface area (TPSA) is 161 Å². The summed E-state index contributed by atoms with van der Waals surface area (Å²) in [5.74, 6) is -6.07. The maximum Gasteiger partial charge on any atom is 2.00 e. The van der Waals surface area contributed by atoms with Crippen LogP contribution in [0, 0.1) is 21.7 Å².